The second-order valence-corrected chi connectivity index (χ2v) is 7.80. The van der Waals surface area contributed by atoms with Crippen LogP contribution in [0, 0.1) is 0 Å². The molecule has 14 heteroatoms. The number of benzene rings is 1. The molecule has 2 rings (SSSR count). The molecule has 0 aliphatic carbocycles. The number of nitrogens with two attached hydrogens (primary N) is 1. The van der Waals surface area contributed by atoms with Crippen molar-refractivity contribution in [1.29, 1.82) is 0 Å². The van der Waals surface area contributed by atoms with E-state index in [4.69, 9.17) is 49.0 Å². The molecule has 0 spiro atoms. The van der Waals surface area contributed by atoms with Crippen molar-refractivity contribution in [3.8, 4) is 5.75 Å². The highest BCUT2D eigenvalue weighted by molar-refractivity contribution is 7.45. The average Bonchev–Trinajstić information content (AvgIpc) is 2.56. The molecular formula is C15H27N3O9P2. The van der Waals surface area contributed by atoms with Crippen molar-refractivity contribution in [2.75, 3.05) is 19.0 Å². The first kappa shape index (κ1) is 27.4. The maximum atomic E-state index is 8.88. The third kappa shape index (κ3) is 16.0. The monoisotopic (exact) mass is 455 g/mol. The fraction of sp³-hybridized carbons (Fsp3) is 0.400. The number of hydrogen-bond donors (Lipinski definition) is 8. The quantitative estimate of drug-likeness (QED) is 0.285. The normalized spacial score (nSPS) is 12.2. The zero-order valence-electron chi connectivity index (χ0n) is 15.9. The summed E-state index contributed by atoms with van der Waals surface area (Å²) in [5.74, 6) is 0.846. The highest BCUT2D eigenvalue weighted by atomic mass is 31.2. The van der Waals surface area contributed by atoms with Gasteiger partial charge in [-0.2, -0.15) is 0 Å². The highest BCUT2D eigenvalue weighted by Crippen LogP contribution is 2.29. The lowest BCUT2D eigenvalue weighted by Crippen LogP contribution is -2.16. The summed E-state index contributed by atoms with van der Waals surface area (Å²) >= 11 is 0. The van der Waals surface area contributed by atoms with Gasteiger partial charge in [-0.25, -0.2) is 9.13 Å². The summed E-state index contributed by atoms with van der Waals surface area (Å²) in [4.78, 5) is 47.5. The van der Waals surface area contributed by atoms with Crippen LogP contribution in [-0.4, -0.2) is 54.0 Å². The number of rotatable bonds is 6. The van der Waals surface area contributed by atoms with Crippen molar-refractivity contribution in [2.45, 2.75) is 25.8 Å². The summed E-state index contributed by atoms with van der Waals surface area (Å²) < 4.78 is 23.2. The number of ether oxygens (including phenoxy) is 1. The number of nitrogens with one attached hydrogen (secondary N) is 1. The minimum Gasteiger partial charge on any atom is -0.496 e. The Morgan fingerprint density at radius 2 is 1.69 bits per heavy atom. The highest BCUT2D eigenvalue weighted by Gasteiger charge is 2.07. The number of hydrogen-bond acceptors (Lipinski definition) is 6. The Morgan fingerprint density at radius 3 is 2.17 bits per heavy atom. The third-order valence-electron chi connectivity index (χ3n) is 3.16. The number of pyridine rings is 1. The number of anilines is 1. The summed E-state index contributed by atoms with van der Waals surface area (Å²) in [5.41, 5.74) is 7.51. The van der Waals surface area contributed by atoms with Gasteiger partial charge in [0.2, 0.25) is 0 Å². The van der Waals surface area contributed by atoms with Crippen molar-refractivity contribution >= 4 is 32.2 Å². The van der Waals surface area contributed by atoms with E-state index in [0.29, 0.717) is 6.04 Å². The Hall–Kier alpha value is -1.59. The van der Waals surface area contributed by atoms with Crippen LogP contribution in [0.25, 0.3) is 10.9 Å². The van der Waals surface area contributed by atoms with Gasteiger partial charge in [0.1, 0.15) is 5.75 Å². The van der Waals surface area contributed by atoms with Gasteiger partial charge in [0, 0.05) is 29.4 Å². The second-order valence-electron chi connectivity index (χ2n) is 5.75. The lowest BCUT2D eigenvalue weighted by atomic mass is 10.1. The lowest BCUT2D eigenvalue weighted by Gasteiger charge is -2.16. The molecule has 0 fully saturated rings. The Labute approximate surface area is 167 Å². The van der Waals surface area contributed by atoms with E-state index in [2.05, 4.69) is 23.3 Å². The first-order valence-electron chi connectivity index (χ1n) is 8.20. The Kier molecular flexibility index (Phi) is 12.2. The molecule has 1 unspecified atom stereocenters. The summed E-state index contributed by atoms with van der Waals surface area (Å²) in [6.45, 7) is 2.89. The minimum absolute atomic E-state index is 0.384. The van der Waals surface area contributed by atoms with Gasteiger partial charge in [-0.15, -0.1) is 0 Å². The molecule has 0 amide bonds. The maximum Gasteiger partial charge on any atom is 0.466 e. The van der Waals surface area contributed by atoms with Crippen molar-refractivity contribution in [3.05, 3.63) is 30.5 Å². The predicted molar refractivity (Wildman–Crippen MR) is 108 cm³/mol. The number of phosphoric acid groups is 2. The lowest BCUT2D eigenvalue weighted by molar-refractivity contribution is 0.272. The van der Waals surface area contributed by atoms with E-state index in [9.17, 15) is 0 Å². The summed E-state index contributed by atoms with van der Waals surface area (Å²) in [6.07, 6.45) is 3.87. The molecule has 12 nitrogen and oxygen atoms in total. The van der Waals surface area contributed by atoms with E-state index in [1.807, 2.05) is 18.2 Å². The van der Waals surface area contributed by atoms with E-state index in [1.165, 1.54) is 0 Å². The molecule has 166 valence electrons. The molecule has 0 saturated carbocycles. The number of aromatic nitrogens is 1. The largest absolute Gasteiger partial charge is 0.496 e. The van der Waals surface area contributed by atoms with Crippen LogP contribution in [0.4, 0.5) is 5.69 Å². The van der Waals surface area contributed by atoms with E-state index in [-0.39, 0.29) is 0 Å². The van der Waals surface area contributed by atoms with Crippen LogP contribution in [0.2, 0.25) is 0 Å². The molecule has 1 atom stereocenters. The molecule has 0 aliphatic rings. The zero-order chi connectivity index (χ0) is 22.7. The molecule has 9 N–H and O–H groups in total. The molecule has 1 aromatic heterocycles. The van der Waals surface area contributed by atoms with Crippen molar-refractivity contribution in [1.82, 2.24) is 4.98 Å². The molecule has 0 bridgehead atoms. The van der Waals surface area contributed by atoms with Gasteiger partial charge in [0.15, 0.2) is 0 Å². The van der Waals surface area contributed by atoms with Gasteiger partial charge in [-0.3, -0.25) is 4.98 Å². The fourth-order valence-electron chi connectivity index (χ4n) is 2.18. The number of fused-ring (bicyclic) bond motifs is 1. The van der Waals surface area contributed by atoms with Gasteiger partial charge < -0.3 is 45.1 Å². The number of methoxy groups -OCH3 is 1. The third-order valence-corrected chi connectivity index (χ3v) is 3.16. The Morgan fingerprint density at radius 1 is 1.14 bits per heavy atom. The van der Waals surface area contributed by atoms with Crippen molar-refractivity contribution < 1.29 is 43.2 Å². The van der Waals surface area contributed by atoms with Gasteiger partial charge in [-0.1, -0.05) is 0 Å². The molecular weight excluding hydrogens is 428 g/mol. The van der Waals surface area contributed by atoms with Crippen LogP contribution in [0.5, 0.6) is 5.75 Å². The first-order valence-corrected chi connectivity index (χ1v) is 11.3. The van der Waals surface area contributed by atoms with E-state index in [1.54, 1.807) is 13.3 Å². The smallest absolute Gasteiger partial charge is 0.466 e. The summed E-state index contributed by atoms with van der Waals surface area (Å²) in [7, 11) is -7.59. The molecule has 1 heterocycles. The fourth-order valence-corrected chi connectivity index (χ4v) is 2.18. The second kappa shape index (κ2) is 12.9. The molecule has 2 aromatic rings. The molecule has 29 heavy (non-hydrogen) atoms. The SMILES string of the molecule is COc1cc(NC(C)CCCN)cc2ncccc12.O=P(O)(O)O.O=P(O)(O)O. The molecule has 1 aromatic carbocycles. The van der Waals surface area contributed by atoms with Gasteiger partial charge in [0.05, 0.1) is 12.6 Å². The van der Waals surface area contributed by atoms with Gasteiger partial charge >= 0.3 is 15.6 Å². The number of nitrogens with zero attached hydrogens (tertiary/aromatic N) is 1. The standard InChI is InChI=1S/C15H21N3O.2H3O4P/c1-11(5-3-7-16)18-12-9-14-13(6-4-8-17-14)15(10-12)19-2;2*1-5(2,3)4/h4,6,8-11,18H,3,5,7,16H2,1-2H3;2*(H3,1,2,3,4). The van der Waals surface area contributed by atoms with Crippen LogP contribution in [-0.2, 0) is 9.13 Å². The van der Waals surface area contributed by atoms with Crippen molar-refractivity contribution in [3.63, 3.8) is 0 Å². The minimum atomic E-state index is -4.64. The van der Waals surface area contributed by atoms with Gasteiger partial charge in [0.25, 0.3) is 0 Å². The van der Waals surface area contributed by atoms with E-state index < -0.39 is 15.6 Å². The Bertz CT molecular complexity index is 804. The van der Waals surface area contributed by atoms with Crippen LogP contribution in [0.15, 0.2) is 30.5 Å². The predicted octanol–water partition coefficient (Wildman–Crippen LogP) is 0.926. The zero-order valence-corrected chi connectivity index (χ0v) is 17.7. The van der Waals surface area contributed by atoms with Gasteiger partial charge in [-0.05, 0) is 44.5 Å². The Balaban J connectivity index is 0.000000653. The first-order chi connectivity index (χ1) is 13.2. The maximum absolute atomic E-state index is 8.88. The van der Waals surface area contributed by atoms with Crippen LogP contribution < -0.4 is 15.8 Å². The van der Waals surface area contributed by atoms with Crippen LogP contribution in [0.3, 0.4) is 0 Å². The topological polar surface area (TPSA) is 216 Å². The molecule has 0 saturated heterocycles. The van der Waals surface area contributed by atoms with E-state index in [0.717, 1.165) is 41.7 Å². The summed E-state index contributed by atoms with van der Waals surface area (Å²) in [6, 6.07) is 8.39. The van der Waals surface area contributed by atoms with Crippen molar-refractivity contribution in [2.24, 2.45) is 5.73 Å². The van der Waals surface area contributed by atoms with Crippen LogP contribution in [0.1, 0.15) is 19.8 Å². The summed E-state index contributed by atoms with van der Waals surface area (Å²) in [5, 5.41) is 4.50. The molecule has 0 radical (unpaired) electrons. The van der Waals surface area contributed by atoms with Crippen LogP contribution >= 0.6 is 15.6 Å². The van der Waals surface area contributed by atoms with E-state index >= 15 is 0 Å². The molecule has 0 aliphatic heterocycles. The average molecular weight is 455 g/mol.